The number of hydrogen-bond donors (Lipinski definition) is 2. The topological polar surface area (TPSA) is 84.9 Å². The summed E-state index contributed by atoms with van der Waals surface area (Å²) >= 11 is 0. The van der Waals surface area contributed by atoms with Gasteiger partial charge in [0.15, 0.2) is 0 Å². The molecule has 1 saturated carbocycles. The van der Waals surface area contributed by atoms with Crippen LogP contribution in [0.3, 0.4) is 0 Å². The standard InChI is InChI=1S/C22H36NO5P/c1-14(2)18-9-8-10-19(15(3)4)20(18)28-29(26,13-27-7)23-22(6,21(24)25)16(5)17-11-12-17/h8-10,14-17H,11-13H2,1-7H3,(H,23,26)(H,24,25). The lowest BCUT2D eigenvalue weighted by Gasteiger charge is -2.36. The lowest BCUT2D eigenvalue weighted by atomic mass is 9.84. The van der Waals surface area contributed by atoms with E-state index >= 15 is 0 Å². The Morgan fingerprint density at radius 3 is 2.10 bits per heavy atom. The molecule has 1 fully saturated rings. The van der Waals surface area contributed by atoms with Crippen LogP contribution < -0.4 is 9.61 Å². The molecule has 1 aliphatic carbocycles. The molecule has 0 aromatic heterocycles. The first-order valence-corrected chi connectivity index (χ1v) is 12.2. The molecule has 0 radical (unpaired) electrons. The highest BCUT2D eigenvalue weighted by Gasteiger charge is 2.50. The minimum absolute atomic E-state index is 0.163. The summed E-state index contributed by atoms with van der Waals surface area (Å²) in [7, 11) is -2.23. The third-order valence-corrected chi connectivity index (χ3v) is 7.83. The summed E-state index contributed by atoms with van der Waals surface area (Å²) in [5, 5.41) is 12.9. The summed E-state index contributed by atoms with van der Waals surface area (Å²) in [6.45, 7) is 11.7. The maximum atomic E-state index is 13.9. The second kappa shape index (κ2) is 9.20. The molecular weight excluding hydrogens is 389 g/mol. The van der Waals surface area contributed by atoms with Crippen molar-refractivity contribution in [3.8, 4) is 5.75 Å². The van der Waals surface area contributed by atoms with Crippen molar-refractivity contribution in [1.29, 1.82) is 0 Å². The van der Waals surface area contributed by atoms with Crippen LogP contribution in [0.2, 0.25) is 0 Å². The number of carbonyl (C=O) groups is 1. The van der Waals surface area contributed by atoms with Crippen molar-refractivity contribution in [2.45, 2.75) is 71.8 Å². The fourth-order valence-corrected chi connectivity index (χ4v) is 5.77. The molecule has 0 aliphatic heterocycles. The predicted octanol–water partition coefficient (Wildman–Crippen LogP) is 5.59. The van der Waals surface area contributed by atoms with Crippen molar-refractivity contribution in [2.24, 2.45) is 11.8 Å². The van der Waals surface area contributed by atoms with Gasteiger partial charge < -0.3 is 14.4 Å². The van der Waals surface area contributed by atoms with Crippen LogP contribution in [-0.4, -0.2) is 30.1 Å². The van der Waals surface area contributed by atoms with E-state index in [1.54, 1.807) is 6.92 Å². The van der Waals surface area contributed by atoms with Crippen LogP contribution in [0.1, 0.15) is 77.3 Å². The van der Waals surface area contributed by atoms with Gasteiger partial charge in [-0.2, -0.15) is 0 Å². The maximum absolute atomic E-state index is 13.9. The van der Waals surface area contributed by atoms with E-state index in [4.69, 9.17) is 9.26 Å². The fraction of sp³-hybridized carbons (Fsp3) is 0.682. The van der Waals surface area contributed by atoms with Gasteiger partial charge in [0.25, 0.3) is 0 Å². The Morgan fingerprint density at radius 1 is 1.21 bits per heavy atom. The zero-order valence-electron chi connectivity index (χ0n) is 18.7. The molecule has 0 amide bonds. The number of benzene rings is 1. The average Bonchev–Trinajstić information content (AvgIpc) is 3.45. The molecule has 29 heavy (non-hydrogen) atoms. The molecule has 2 rings (SSSR count). The molecule has 1 aromatic rings. The van der Waals surface area contributed by atoms with Gasteiger partial charge in [0.1, 0.15) is 17.6 Å². The molecule has 0 bridgehead atoms. The predicted molar refractivity (Wildman–Crippen MR) is 116 cm³/mol. The average molecular weight is 426 g/mol. The smallest absolute Gasteiger partial charge is 0.342 e. The molecule has 1 aliphatic rings. The number of carboxylic acid groups (broad SMARTS) is 1. The summed E-state index contributed by atoms with van der Waals surface area (Å²) in [5.74, 6) is -0.00500. The largest absolute Gasteiger partial charge is 0.480 e. The summed E-state index contributed by atoms with van der Waals surface area (Å²) in [5.41, 5.74) is 0.517. The van der Waals surface area contributed by atoms with Crippen LogP contribution in [0.4, 0.5) is 0 Å². The highest BCUT2D eigenvalue weighted by molar-refractivity contribution is 7.57. The van der Waals surface area contributed by atoms with Crippen molar-refractivity contribution in [3.05, 3.63) is 29.3 Å². The van der Waals surface area contributed by atoms with Gasteiger partial charge in [-0.1, -0.05) is 52.8 Å². The second-order valence-electron chi connectivity index (χ2n) is 9.00. The van der Waals surface area contributed by atoms with E-state index in [-0.39, 0.29) is 24.1 Å². The third-order valence-electron chi connectivity index (χ3n) is 5.94. The van der Waals surface area contributed by atoms with Gasteiger partial charge in [0, 0.05) is 7.11 Å². The number of carboxylic acids is 1. The van der Waals surface area contributed by atoms with E-state index in [0.29, 0.717) is 11.7 Å². The molecule has 2 N–H and O–H groups in total. The Kier molecular flexibility index (Phi) is 7.58. The van der Waals surface area contributed by atoms with Gasteiger partial charge in [0.05, 0.1) is 0 Å². The van der Waals surface area contributed by atoms with Gasteiger partial charge in [-0.3, -0.25) is 9.36 Å². The number of hydrogen-bond acceptors (Lipinski definition) is 4. The quantitative estimate of drug-likeness (QED) is 0.450. The molecule has 0 saturated heterocycles. The highest BCUT2D eigenvalue weighted by Crippen LogP contribution is 2.52. The van der Waals surface area contributed by atoms with Crippen molar-refractivity contribution in [1.82, 2.24) is 5.09 Å². The van der Waals surface area contributed by atoms with E-state index in [2.05, 4.69) is 32.8 Å². The number of rotatable bonds is 11. The molecule has 6 nitrogen and oxygen atoms in total. The maximum Gasteiger partial charge on any atom is 0.342 e. The van der Waals surface area contributed by atoms with Gasteiger partial charge in [-0.05, 0) is 54.6 Å². The van der Waals surface area contributed by atoms with Gasteiger partial charge in [0.2, 0.25) is 0 Å². The number of nitrogens with one attached hydrogen (secondary N) is 1. The van der Waals surface area contributed by atoms with E-state index < -0.39 is 19.0 Å². The Bertz CT molecular complexity index is 748. The monoisotopic (exact) mass is 425 g/mol. The van der Waals surface area contributed by atoms with E-state index in [1.165, 1.54) is 7.11 Å². The van der Waals surface area contributed by atoms with E-state index in [0.717, 1.165) is 24.0 Å². The van der Waals surface area contributed by atoms with Crippen LogP contribution in [0.15, 0.2) is 18.2 Å². The third kappa shape index (κ3) is 5.42. The SMILES string of the molecule is COCP(=O)(NC(C)(C(=O)O)C(C)C1CC1)Oc1c(C(C)C)cccc1C(C)C. The van der Waals surface area contributed by atoms with Crippen molar-refractivity contribution >= 4 is 13.5 Å². The van der Waals surface area contributed by atoms with Crippen LogP contribution in [-0.2, 0) is 14.1 Å². The van der Waals surface area contributed by atoms with Gasteiger partial charge in [-0.15, -0.1) is 0 Å². The van der Waals surface area contributed by atoms with E-state index in [9.17, 15) is 14.5 Å². The summed E-state index contributed by atoms with van der Waals surface area (Å²) in [6.07, 6.45) is 1.78. The minimum Gasteiger partial charge on any atom is -0.480 e. The molecule has 1 aromatic carbocycles. The van der Waals surface area contributed by atoms with Gasteiger partial charge in [-0.25, -0.2) is 5.09 Å². The second-order valence-corrected chi connectivity index (χ2v) is 11.0. The normalized spacial score (nSPS) is 19.6. The van der Waals surface area contributed by atoms with Crippen LogP contribution in [0.25, 0.3) is 0 Å². The van der Waals surface area contributed by atoms with E-state index in [1.807, 2.05) is 25.1 Å². The zero-order chi connectivity index (χ0) is 22.0. The summed E-state index contributed by atoms with van der Waals surface area (Å²) < 4.78 is 25.3. The van der Waals surface area contributed by atoms with Crippen LogP contribution in [0.5, 0.6) is 5.75 Å². The molecular formula is C22H36NO5P. The van der Waals surface area contributed by atoms with Crippen LogP contribution in [0, 0.1) is 11.8 Å². The first-order valence-electron chi connectivity index (χ1n) is 10.4. The van der Waals surface area contributed by atoms with Crippen molar-refractivity contribution in [2.75, 3.05) is 13.5 Å². The number of aliphatic carboxylic acids is 1. The molecule has 3 atom stereocenters. The lowest BCUT2D eigenvalue weighted by molar-refractivity contribution is -0.145. The lowest BCUT2D eigenvalue weighted by Crippen LogP contribution is -2.54. The number of ether oxygens (including phenoxy) is 1. The molecule has 164 valence electrons. The van der Waals surface area contributed by atoms with Crippen molar-refractivity contribution < 1.29 is 23.7 Å². The van der Waals surface area contributed by atoms with Crippen molar-refractivity contribution in [3.63, 3.8) is 0 Å². The number of methoxy groups -OCH3 is 1. The molecule has 7 heteroatoms. The Morgan fingerprint density at radius 2 is 1.72 bits per heavy atom. The molecule has 0 spiro atoms. The first-order chi connectivity index (χ1) is 13.4. The van der Waals surface area contributed by atoms with Gasteiger partial charge >= 0.3 is 13.5 Å². The fourth-order valence-electron chi connectivity index (χ4n) is 3.75. The minimum atomic E-state index is -3.67. The molecule has 0 heterocycles. The highest BCUT2D eigenvalue weighted by atomic mass is 31.2. The Labute approximate surface area is 174 Å². The summed E-state index contributed by atoms with van der Waals surface area (Å²) in [4.78, 5) is 12.2. The van der Waals surface area contributed by atoms with Crippen LogP contribution >= 0.6 is 7.52 Å². The molecule has 3 unspecified atom stereocenters. The first kappa shape index (κ1) is 23.9. The number of para-hydroxylation sites is 1. The Balaban J connectivity index is 2.48. The summed E-state index contributed by atoms with van der Waals surface area (Å²) in [6, 6.07) is 5.90. The zero-order valence-corrected chi connectivity index (χ0v) is 19.6. The Hall–Kier alpha value is -1.36.